The SMILES string of the molecule is CC/C=C\C/C=C\C/C=C\C/C=C\C/C=C\C/C=C\C/C=C\C/C=C\C/C=C\CCCCCCCCCCCCCCCC(=O)NC(CO)C(O)/C=C/CC/C=C/CC/C=C/CCCCCCCCCCCCCCCCCCC. The van der Waals surface area contributed by atoms with Crippen LogP contribution in [0.2, 0.25) is 0 Å². The molecule has 0 spiro atoms. The van der Waals surface area contributed by atoms with Gasteiger partial charge in [-0.2, -0.15) is 0 Å². The summed E-state index contributed by atoms with van der Waals surface area (Å²) in [7, 11) is 0. The standard InChI is InChI=1S/C76H129NO3/c1-3-5-7-9-11-13-15-17-19-21-23-25-27-29-31-32-33-34-35-36-37-38-39-40-41-42-43-44-46-48-50-52-54-56-58-60-62-64-66-68-70-72-76(80)77-74(73-78)75(79)71-69-67-65-63-61-59-57-55-53-51-49-47-45-30-28-26-24-22-20-18-16-14-12-10-8-6-4-2/h5,7,11,13,17,19,23,25,29,31,33-34,36-37,39-40,42-43,53,55,61,63,69,71,74-75,78-79H,3-4,6,8-10,12,14-16,18,20-22,24,26-28,30,32,35,38,41,44-52,54,56-60,62,64-68,70,72-73H2,1-2H3,(H,77,80)/b7-5-,13-11-,19-17-,25-23-,31-29-,34-33-,37-36-,40-39-,43-42-,55-53+,63-61+,71-69+. The van der Waals surface area contributed by atoms with Crippen molar-refractivity contribution in [3.05, 3.63) is 146 Å². The highest BCUT2D eigenvalue weighted by atomic mass is 16.3. The number of aliphatic hydroxyl groups is 2. The minimum atomic E-state index is -0.881. The third-order valence-corrected chi connectivity index (χ3v) is 14.8. The molecule has 2 unspecified atom stereocenters. The Balaban J connectivity index is 3.59. The molecule has 0 saturated heterocycles. The molecular weight excluding hydrogens is 975 g/mol. The molecular formula is C76H129NO3. The van der Waals surface area contributed by atoms with Crippen LogP contribution in [0.3, 0.4) is 0 Å². The Bertz CT molecular complexity index is 1630. The second-order valence-corrected chi connectivity index (χ2v) is 22.5. The first-order valence-corrected chi connectivity index (χ1v) is 34.0. The van der Waals surface area contributed by atoms with Gasteiger partial charge in [-0.05, 0) is 116 Å². The van der Waals surface area contributed by atoms with Crippen molar-refractivity contribution in [2.24, 2.45) is 0 Å². The summed E-state index contributed by atoms with van der Waals surface area (Å²) >= 11 is 0. The average Bonchev–Trinajstić information content (AvgIpc) is 3.46. The lowest BCUT2D eigenvalue weighted by Gasteiger charge is -2.19. The van der Waals surface area contributed by atoms with Crippen LogP contribution in [-0.4, -0.2) is 34.9 Å². The number of carbonyl (C=O) groups excluding carboxylic acids is 1. The maximum atomic E-state index is 12.5. The van der Waals surface area contributed by atoms with E-state index in [4.69, 9.17) is 0 Å². The molecule has 456 valence electrons. The minimum Gasteiger partial charge on any atom is -0.394 e. The molecule has 0 aromatic rings. The van der Waals surface area contributed by atoms with Crippen LogP contribution in [0, 0.1) is 0 Å². The van der Waals surface area contributed by atoms with Gasteiger partial charge < -0.3 is 15.5 Å². The molecule has 4 heteroatoms. The van der Waals surface area contributed by atoms with Crippen molar-refractivity contribution in [1.82, 2.24) is 5.32 Å². The number of carbonyl (C=O) groups is 1. The largest absolute Gasteiger partial charge is 0.394 e. The number of nitrogens with one attached hydrogen (secondary N) is 1. The number of amides is 1. The molecule has 0 radical (unpaired) electrons. The van der Waals surface area contributed by atoms with Crippen molar-refractivity contribution < 1.29 is 15.0 Å². The molecule has 0 fully saturated rings. The van der Waals surface area contributed by atoms with Gasteiger partial charge in [-0.3, -0.25) is 4.79 Å². The fraction of sp³-hybridized carbons (Fsp3) is 0.671. The van der Waals surface area contributed by atoms with Gasteiger partial charge in [0, 0.05) is 6.42 Å². The van der Waals surface area contributed by atoms with Gasteiger partial charge in [0.25, 0.3) is 0 Å². The fourth-order valence-corrected chi connectivity index (χ4v) is 9.68. The molecule has 0 aliphatic rings. The van der Waals surface area contributed by atoms with E-state index in [-0.39, 0.29) is 12.5 Å². The Hall–Kier alpha value is -3.73. The molecule has 0 saturated carbocycles. The van der Waals surface area contributed by atoms with Crippen molar-refractivity contribution in [3.8, 4) is 0 Å². The number of hydrogen-bond acceptors (Lipinski definition) is 3. The predicted octanol–water partition coefficient (Wildman–Crippen LogP) is 23.5. The van der Waals surface area contributed by atoms with E-state index in [1.807, 2.05) is 6.08 Å². The van der Waals surface area contributed by atoms with Gasteiger partial charge in [-0.1, -0.05) is 333 Å². The normalized spacial score (nSPS) is 13.7. The quantitative estimate of drug-likeness (QED) is 0.0420. The van der Waals surface area contributed by atoms with Gasteiger partial charge in [0.15, 0.2) is 0 Å². The monoisotopic (exact) mass is 1100 g/mol. The Kier molecular flexibility index (Phi) is 66.3. The summed E-state index contributed by atoms with van der Waals surface area (Å²) in [4.78, 5) is 12.5. The lowest BCUT2D eigenvalue weighted by Crippen LogP contribution is -2.45. The highest BCUT2D eigenvalue weighted by molar-refractivity contribution is 5.76. The predicted molar refractivity (Wildman–Crippen MR) is 358 cm³/mol. The fourth-order valence-electron chi connectivity index (χ4n) is 9.68. The first-order valence-electron chi connectivity index (χ1n) is 34.0. The van der Waals surface area contributed by atoms with E-state index >= 15 is 0 Å². The van der Waals surface area contributed by atoms with Gasteiger partial charge in [-0.15, -0.1) is 0 Å². The van der Waals surface area contributed by atoms with E-state index in [1.54, 1.807) is 6.08 Å². The number of rotatable bonds is 61. The van der Waals surface area contributed by atoms with E-state index in [2.05, 4.69) is 153 Å². The van der Waals surface area contributed by atoms with Crippen LogP contribution in [0.4, 0.5) is 0 Å². The van der Waals surface area contributed by atoms with Crippen molar-refractivity contribution in [2.45, 2.75) is 321 Å². The average molecular weight is 1100 g/mol. The molecule has 80 heavy (non-hydrogen) atoms. The van der Waals surface area contributed by atoms with Crippen LogP contribution in [0.1, 0.15) is 309 Å². The van der Waals surface area contributed by atoms with Gasteiger partial charge >= 0.3 is 0 Å². The van der Waals surface area contributed by atoms with Gasteiger partial charge in [0.2, 0.25) is 5.91 Å². The van der Waals surface area contributed by atoms with E-state index in [9.17, 15) is 15.0 Å². The van der Waals surface area contributed by atoms with Gasteiger partial charge in [-0.25, -0.2) is 0 Å². The van der Waals surface area contributed by atoms with Crippen molar-refractivity contribution in [3.63, 3.8) is 0 Å². The molecule has 1 amide bonds. The Morgan fingerprint density at radius 1 is 0.312 bits per heavy atom. The second-order valence-electron chi connectivity index (χ2n) is 22.5. The Labute approximate surface area is 497 Å². The number of allylic oxidation sites excluding steroid dienone is 23. The maximum Gasteiger partial charge on any atom is 0.220 e. The van der Waals surface area contributed by atoms with Gasteiger partial charge in [0.05, 0.1) is 18.8 Å². The molecule has 0 rings (SSSR count). The summed E-state index contributed by atoms with van der Waals surface area (Å²) in [6.07, 6.45) is 109. The summed E-state index contributed by atoms with van der Waals surface area (Å²) in [5, 5.41) is 23.2. The second kappa shape index (κ2) is 69.5. The van der Waals surface area contributed by atoms with Crippen molar-refractivity contribution in [2.75, 3.05) is 6.61 Å². The van der Waals surface area contributed by atoms with Crippen LogP contribution in [0.15, 0.2) is 146 Å². The summed E-state index contributed by atoms with van der Waals surface area (Å²) in [5.41, 5.74) is 0. The molecule has 0 aliphatic heterocycles. The van der Waals surface area contributed by atoms with Crippen LogP contribution in [0.5, 0.6) is 0 Å². The highest BCUT2D eigenvalue weighted by Crippen LogP contribution is 2.16. The molecule has 3 N–H and O–H groups in total. The van der Waals surface area contributed by atoms with Crippen LogP contribution >= 0.6 is 0 Å². The molecule has 0 aliphatic carbocycles. The van der Waals surface area contributed by atoms with E-state index in [0.717, 1.165) is 96.3 Å². The van der Waals surface area contributed by atoms with Crippen LogP contribution in [0.25, 0.3) is 0 Å². The smallest absolute Gasteiger partial charge is 0.220 e. The number of unbranched alkanes of at least 4 members (excludes halogenated alkanes) is 32. The van der Waals surface area contributed by atoms with E-state index in [1.165, 1.54) is 193 Å². The lowest BCUT2D eigenvalue weighted by atomic mass is 10.0. The first kappa shape index (κ1) is 76.3. The summed E-state index contributed by atoms with van der Waals surface area (Å²) in [5.74, 6) is -0.0821. The third kappa shape index (κ3) is 65.1. The zero-order valence-electron chi connectivity index (χ0n) is 52.5. The molecule has 2 atom stereocenters. The van der Waals surface area contributed by atoms with Gasteiger partial charge in [0.1, 0.15) is 0 Å². The third-order valence-electron chi connectivity index (χ3n) is 14.8. The summed E-state index contributed by atoms with van der Waals surface area (Å²) in [6.45, 7) is 4.19. The van der Waals surface area contributed by atoms with Crippen LogP contribution < -0.4 is 5.32 Å². The lowest BCUT2D eigenvalue weighted by molar-refractivity contribution is -0.123. The zero-order chi connectivity index (χ0) is 57.6. The Morgan fingerprint density at radius 2 is 0.562 bits per heavy atom. The summed E-state index contributed by atoms with van der Waals surface area (Å²) < 4.78 is 0. The van der Waals surface area contributed by atoms with Crippen molar-refractivity contribution in [1.29, 1.82) is 0 Å². The minimum absolute atomic E-state index is 0.0821. The van der Waals surface area contributed by atoms with Crippen LogP contribution in [-0.2, 0) is 4.79 Å². The van der Waals surface area contributed by atoms with Crippen molar-refractivity contribution >= 4 is 5.91 Å². The topological polar surface area (TPSA) is 69.6 Å². The summed E-state index contributed by atoms with van der Waals surface area (Å²) in [6, 6.07) is -0.657. The maximum absolute atomic E-state index is 12.5. The highest BCUT2D eigenvalue weighted by Gasteiger charge is 2.18. The molecule has 0 bridgehead atoms. The zero-order valence-corrected chi connectivity index (χ0v) is 52.5. The number of aliphatic hydroxyl groups excluding tert-OH is 2. The number of hydrogen-bond donors (Lipinski definition) is 3. The molecule has 0 aromatic heterocycles. The molecule has 0 aromatic carbocycles. The Morgan fingerprint density at radius 3 is 0.875 bits per heavy atom. The first-order chi connectivity index (χ1) is 39.7. The van der Waals surface area contributed by atoms with E-state index < -0.39 is 12.1 Å². The van der Waals surface area contributed by atoms with E-state index in [0.29, 0.717) is 6.42 Å². The molecule has 4 nitrogen and oxygen atoms in total. The molecule has 0 heterocycles.